The van der Waals surface area contributed by atoms with Gasteiger partial charge in [-0.15, -0.1) is 0 Å². The maximum absolute atomic E-state index is 12.9. The van der Waals surface area contributed by atoms with Crippen LogP contribution in [0.4, 0.5) is 13.2 Å². The number of H-pyrrole nitrogens is 1. The molecule has 2 heterocycles. The van der Waals surface area contributed by atoms with Crippen molar-refractivity contribution in [2.45, 2.75) is 32.5 Å². The standard InChI is InChI=1S/C26H24F3N3O4/c1-15-21(14-36-19-7-8-20-17(11-24(33)34)13-30-23(20)12-19)22(9-10-35-2)32-25(31-15)16-3-5-18(6-4-16)26(27,28)29/h3-8,12-13,30H,9-11,14H2,1-2H3,(H,33,34). The van der Waals surface area contributed by atoms with E-state index in [9.17, 15) is 18.0 Å². The van der Waals surface area contributed by atoms with E-state index < -0.39 is 17.7 Å². The van der Waals surface area contributed by atoms with Gasteiger partial charge in [0.25, 0.3) is 0 Å². The second-order valence-corrected chi connectivity index (χ2v) is 8.26. The van der Waals surface area contributed by atoms with Gasteiger partial charge in [0.05, 0.1) is 24.3 Å². The number of methoxy groups -OCH3 is 1. The molecule has 0 saturated heterocycles. The topological polar surface area (TPSA) is 97.3 Å². The Balaban J connectivity index is 1.58. The number of carboxylic acid groups (broad SMARTS) is 1. The third-order valence-corrected chi connectivity index (χ3v) is 5.78. The second-order valence-electron chi connectivity index (χ2n) is 8.26. The first-order valence-electron chi connectivity index (χ1n) is 11.1. The molecule has 36 heavy (non-hydrogen) atoms. The number of hydrogen-bond donors (Lipinski definition) is 2. The molecule has 188 valence electrons. The van der Waals surface area contributed by atoms with E-state index >= 15 is 0 Å². The van der Waals surface area contributed by atoms with E-state index in [1.165, 1.54) is 12.1 Å². The zero-order valence-electron chi connectivity index (χ0n) is 19.6. The summed E-state index contributed by atoms with van der Waals surface area (Å²) in [7, 11) is 1.57. The molecule has 2 aromatic heterocycles. The van der Waals surface area contributed by atoms with Gasteiger partial charge in [0.2, 0.25) is 0 Å². The Bertz CT molecular complexity index is 1380. The number of rotatable bonds is 9. The fraction of sp³-hybridized carbons (Fsp3) is 0.269. The molecule has 0 bridgehead atoms. The van der Waals surface area contributed by atoms with Crippen LogP contribution < -0.4 is 4.74 Å². The number of alkyl halides is 3. The van der Waals surface area contributed by atoms with Crippen molar-refractivity contribution >= 4 is 16.9 Å². The lowest BCUT2D eigenvalue weighted by atomic mass is 10.1. The van der Waals surface area contributed by atoms with Crippen molar-refractivity contribution in [2.75, 3.05) is 13.7 Å². The number of halogens is 3. The van der Waals surface area contributed by atoms with E-state index in [0.717, 1.165) is 28.6 Å². The lowest BCUT2D eigenvalue weighted by Gasteiger charge is -2.15. The van der Waals surface area contributed by atoms with Gasteiger partial charge < -0.3 is 19.6 Å². The van der Waals surface area contributed by atoms with Crippen LogP contribution in [0.1, 0.15) is 28.1 Å². The lowest BCUT2D eigenvalue weighted by Crippen LogP contribution is -2.11. The Morgan fingerprint density at radius 2 is 1.86 bits per heavy atom. The van der Waals surface area contributed by atoms with Crippen LogP contribution in [0.2, 0.25) is 0 Å². The van der Waals surface area contributed by atoms with Crippen molar-refractivity contribution in [1.29, 1.82) is 0 Å². The number of benzene rings is 2. The normalized spacial score (nSPS) is 11.7. The van der Waals surface area contributed by atoms with Crippen molar-refractivity contribution in [3.05, 3.63) is 76.7 Å². The number of aliphatic carboxylic acids is 1. The third-order valence-electron chi connectivity index (χ3n) is 5.78. The minimum Gasteiger partial charge on any atom is -0.489 e. The first kappa shape index (κ1) is 25.2. The van der Waals surface area contributed by atoms with Crippen LogP contribution in [-0.4, -0.2) is 39.7 Å². The number of nitrogens with zero attached hydrogens (tertiary/aromatic N) is 2. The number of carboxylic acids is 1. The number of hydrogen-bond acceptors (Lipinski definition) is 5. The van der Waals surface area contributed by atoms with Crippen molar-refractivity contribution in [2.24, 2.45) is 0 Å². The average Bonchev–Trinajstić information content (AvgIpc) is 3.22. The molecule has 7 nitrogen and oxygen atoms in total. The molecule has 0 amide bonds. The summed E-state index contributed by atoms with van der Waals surface area (Å²) < 4.78 is 50.0. The highest BCUT2D eigenvalue weighted by molar-refractivity contribution is 5.87. The lowest BCUT2D eigenvalue weighted by molar-refractivity contribution is -0.138. The Morgan fingerprint density at radius 3 is 2.53 bits per heavy atom. The second kappa shape index (κ2) is 10.4. The van der Waals surface area contributed by atoms with E-state index in [4.69, 9.17) is 14.6 Å². The molecule has 0 fully saturated rings. The molecular weight excluding hydrogens is 475 g/mol. The molecule has 0 atom stereocenters. The number of carbonyl (C=O) groups is 1. The molecule has 4 aromatic rings. The summed E-state index contributed by atoms with van der Waals surface area (Å²) in [4.78, 5) is 23.2. The van der Waals surface area contributed by atoms with E-state index in [0.29, 0.717) is 47.1 Å². The fourth-order valence-electron chi connectivity index (χ4n) is 3.91. The van der Waals surface area contributed by atoms with Crippen LogP contribution in [0.3, 0.4) is 0 Å². The van der Waals surface area contributed by atoms with E-state index in [2.05, 4.69) is 15.0 Å². The van der Waals surface area contributed by atoms with Crippen LogP contribution in [0.15, 0.2) is 48.7 Å². The fourth-order valence-corrected chi connectivity index (χ4v) is 3.91. The first-order chi connectivity index (χ1) is 17.2. The first-order valence-corrected chi connectivity index (χ1v) is 11.1. The number of ether oxygens (including phenoxy) is 2. The van der Waals surface area contributed by atoms with Gasteiger partial charge in [0.15, 0.2) is 5.82 Å². The molecule has 0 saturated carbocycles. The van der Waals surface area contributed by atoms with E-state index in [1.807, 2.05) is 6.07 Å². The Kier molecular flexibility index (Phi) is 7.25. The molecule has 0 radical (unpaired) electrons. The molecule has 0 aliphatic heterocycles. The Hall–Kier alpha value is -3.92. The summed E-state index contributed by atoms with van der Waals surface area (Å²) >= 11 is 0. The number of aromatic amines is 1. The summed E-state index contributed by atoms with van der Waals surface area (Å²) in [6, 6.07) is 10.1. The molecule has 4 rings (SSSR count). The van der Waals surface area contributed by atoms with Gasteiger partial charge in [0, 0.05) is 53.5 Å². The Morgan fingerprint density at radius 1 is 1.11 bits per heavy atom. The minimum absolute atomic E-state index is 0.0785. The summed E-state index contributed by atoms with van der Waals surface area (Å²) in [5.41, 5.74) is 3.29. The third kappa shape index (κ3) is 5.65. The van der Waals surface area contributed by atoms with Gasteiger partial charge >= 0.3 is 12.1 Å². The van der Waals surface area contributed by atoms with Crippen LogP contribution in [0.5, 0.6) is 5.75 Å². The Labute approximate surface area is 204 Å². The summed E-state index contributed by atoms with van der Waals surface area (Å²) in [6.07, 6.45) is -2.35. The number of nitrogens with one attached hydrogen (secondary N) is 1. The van der Waals surface area contributed by atoms with Crippen LogP contribution in [0, 0.1) is 6.92 Å². The van der Waals surface area contributed by atoms with Gasteiger partial charge in [-0.25, -0.2) is 9.97 Å². The zero-order chi connectivity index (χ0) is 25.9. The molecule has 0 aliphatic carbocycles. The summed E-state index contributed by atoms with van der Waals surface area (Å²) in [5, 5.41) is 9.87. The van der Waals surface area contributed by atoms with Crippen LogP contribution in [0.25, 0.3) is 22.3 Å². The van der Waals surface area contributed by atoms with E-state index in [1.54, 1.807) is 32.4 Å². The van der Waals surface area contributed by atoms with Gasteiger partial charge in [0.1, 0.15) is 12.4 Å². The van der Waals surface area contributed by atoms with Crippen molar-refractivity contribution < 1.29 is 32.5 Å². The van der Waals surface area contributed by atoms with Crippen LogP contribution >= 0.6 is 0 Å². The molecule has 0 spiro atoms. The largest absolute Gasteiger partial charge is 0.489 e. The average molecular weight is 499 g/mol. The monoisotopic (exact) mass is 499 g/mol. The molecule has 0 unspecified atom stereocenters. The maximum Gasteiger partial charge on any atom is 0.416 e. The summed E-state index contributed by atoms with van der Waals surface area (Å²) in [6.45, 7) is 2.37. The van der Waals surface area contributed by atoms with Gasteiger partial charge in [-0.2, -0.15) is 13.2 Å². The van der Waals surface area contributed by atoms with Crippen LogP contribution in [-0.2, 0) is 35.2 Å². The molecule has 2 aromatic carbocycles. The van der Waals surface area contributed by atoms with E-state index in [-0.39, 0.29) is 13.0 Å². The minimum atomic E-state index is -4.42. The van der Waals surface area contributed by atoms with Gasteiger partial charge in [-0.3, -0.25) is 4.79 Å². The maximum atomic E-state index is 12.9. The zero-order valence-corrected chi connectivity index (χ0v) is 19.6. The van der Waals surface area contributed by atoms with Gasteiger partial charge in [-0.05, 0) is 36.8 Å². The molecule has 0 aliphatic rings. The number of aryl methyl sites for hydroxylation is 1. The highest BCUT2D eigenvalue weighted by atomic mass is 19.4. The predicted octanol–water partition coefficient (Wildman–Crippen LogP) is 5.35. The van der Waals surface area contributed by atoms with Crippen molar-refractivity contribution in [3.8, 4) is 17.1 Å². The number of aromatic nitrogens is 3. The van der Waals surface area contributed by atoms with Gasteiger partial charge in [-0.1, -0.05) is 12.1 Å². The quantitative estimate of drug-likeness (QED) is 0.322. The smallest absolute Gasteiger partial charge is 0.416 e. The molecule has 10 heteroatoms. The highest BCUT2D eigenvalue weighted by Crippen LogP contribution is 2.31. The molecular formula is C26H24F3N3O4. The number of fused-ring (bicyclic) bond motifs is 1. The van der Waals surface area contributed by atoms with Crippen molar-refractivity contribution in [3.63, 3.8) is 0 Å². The highest BCUT2D eigenvalue weighted by Gasteiger charge is 2.30. The molecule has 2 N–H and O–H groups in total. The predicted molar refractivity (Wildman–Crippen MR) is 127 cm³/mol. The summed E-state index contributed by atoms with van der Waals surface area (Å²) in [5.74, 6) is 0.00000663. The SMILES string of the molecule is COCCc1nc(-c2ccc(C(F)(F)F)cc2)nc(C)c1COc1ccc2c(CC(=O)O)c[nH]c2c1. The van der Waals surface area contributed by atoms with Crippen molar-refractivity contribution in [1.82, 2.24) is 15.0 Å².